The summed E-state index contributed by atoms with van der Waals surface area (Å²) in [6.07, 6.45) is -2.88. The first-order valence-corrected chi connectivity index (χ1v) is 8.86. The number of likely N-dealkylation sites (N-methyl/N-ethyl adjacent to an activating group) is 1. The molecule has 6 rings (SSSR count). The van der Waals surface area contributed by atoms with Gasteiger partial charge in [-0.05, 0) is 29.3 Å². The number of aromatic amines is 1. The summed E-state index contributed by atoms with van der Waals surface area (Å²) in [6.45, 7) is -5.48. The average molecular weight is 397 g/mol. The molecule has 7 heteroatoms. The molecule has 3 aliphatic rings. The van der Waals surface area contributed by atoms with E-state index in [-0.39, 0.29) is 28.3 Å². The first-order valence-electron chi connectivity index (χ1n) is 12.9. The van der Waals surface area contributed by atoms with E-state index < -0.39 is 43.5 Å². The third-order valence-electron chi connectivity index (χ3n) is 5.13. The summed E-state index contributed by atoms with van der Waals surface area (Å²) >= 11 is 0. The molecule has 1 saturated heterocycles. The lowest BCUT2D eigenvalue weighted by Gasteiger charge is -2.46. The van der Waals surface area contributed by atoms with Gasteiger partial charge in [0.05, 0.1) is 18.0 Å². The molecule has 0 saturated carbocycles. The molecule has 1 aromatic heterocycles. The molecule has 1 N–H and O–H groups in total. The van der Waals surface area contributed by atoms with Crippen molar-refractivity contribution in [3.8, 4) is 11.5 Å². The summed E-state index contributed by atoms with van der Waals surface area (Å²) in [5.74, 6) is -2.91. The number of ether oxygens (including phenoxy) is 2. The van der Waals surface area contributed by atoms with Crippen LogP contribution in [-0.4, -0.2) is 52.9 Å². The predicted molar refractivity (Wildman–Crippen MR) is 105 cm³/mol. The highest BCUT2D eigenvalue weighted by molar-refractivity contribution is 5.97. The van der Waals surface area contributed by atoms with Crippen LogP contribution in [-0.2, 0) is 16.0 Å². The molecular formula is C22H19N3O4. The van der Waals surface area contributed by atoms with Gasteiger partial charge < -0.3 is 24.3 Å². The molecule has 0 unspecified atom stereocenters. The maximum Gasteiger partial charge on any atom is 0.245 e. The van der Waals surface area contributed by atoms with Gasteiger partial charge in [-0.2, -0.15) is 0 Å². The molecule has 4 heterocycles. The number of benzene rings is 2. The van der Waals surface area contributed by atoms with Crippen molar-refractivity contribution in [2.75, 3.05) is 20.3 Å². The molecule has 2 amide bonds. The summed E-state index contributed by atoms with van der Waals surface area (Å²) in [4.78, 5) is 31.0. The minimum Gasteiger partial charge on any atom is -0.454 e. The summed E-state index contributed by atoms with van der Waals surface area (Å²) < 4.78 is 79.2. The number of fused-ring (bicyclic) bond motifs is 5. The molecule has 2 atom stereocenters. The maximum atomic E-state index is 13.7. The Labute approximate surface area is 178 Å². The van der Waals surface area contributed by atoms with E-state index in [0.29, 0.717) is 20.7 Å². The Hall–Kier alpha value is -3.48. The smallest absolute Gasteiger partial charge is 0.245 e. The Morgan fingerprint density at radius 1 is 1.17 bits per heavy atom. The number of aromatic nitrogens is 1. The molecule has 1 fully saturated rings. The SMILES string of the molecule is [2H]C1([2H])Oc2ccc([C@]3([2H])c4[nH]c5ccccc5c4C([2H])([2H])[C@]4([2H])C(=O)N(C)C([2H])([2H])C(=O)N34)cc2O1. The van der Waals surface area contributed by atoms with Crippen LogP contribution < -0.4 is 9.47 Å². The molecule has 0 bridgehead atoms. The van der Waals surface area contributed by atoms with E-state index in [1.165, 1.54) is 18.2 Å². The van der Waals surface area contributed by atoms with Gasteiger partial charge in [0.1, 0.15) is 8.76 Å². The van der Waals surface area contributed by atoms with E-state index in [0.717, 1.165) is 7.05 Å². The molecule has 29 heavy (non-hydrogen) atoms. The second-order valence-electron chi connectivity index (χ2n) is 6.81. The normalized spacial score (nSPS) is 37.1. The van der Waals surface area contributed by atoms with Crippen LogP contribution in [0.5, 0.6) is 11.5 Å². The van der Waals surface area contributed by atoms with Gasteiger partial charge in [-0.1, -0.05) is 24.3 Å². The summed E-state index contributed by atoms with van der Waals surface area (Å²) in [6, 6.07) is 4.67. The number of H-pyrrole nitrogens is 1. The van der Waals surface area contributed by atoms with Gasteiger partial charge in [0.2, 0.25) is 18.6 Å². The minimum atomic E-state index is -3.07. The van der Waals surface area contributed by atoms with Crippen LogP contribution in [0.4, 0.5) is 0 Å². The average Bonchev–Trinajstić information content (AvgIpc) is 3.37. The summed E-state index contributed by atoms with van der Waals surface area (Å²) in [7, 11) is 0.975. The fourth-order valence-corrected chi connectivity index (χ4v) is 3.81. The van der Waals surface area contributed by atoms with Crippen LogP contribution in [0, 0.1) is 0 Å². The molecule has 0 spiro atoms. The van der Waals surface area contributed by atoms with Crippen molar-refractivity contribution in [3.63, 3.8) is 0 Å². The molecular weight excluding hydrogens is 370 g/mol. The van der Waals surface area contributed by atoms with E-state index in [2.05, 4.69) is 4.98 Å². The fraction of sp³-hybridized carbons (Fsp3) is 0.273. The highest BCUT2D eigenvalue weighted by Gasteiger charge is 2.47. The van der Waals surface area contributed by atoms with Crippen molar-refractivity contribution in [2.24, 2.45) is 0 Å². The molecule has 3 aliphatic heterocycles. The largest absolute Gasteiger partial charge is 0.454 e. The number of para-hydroxylation sites is 1. The van der Waals surface area contributed by atoms with Crippen molar-refractivity contribution < 1.29 is 30.0 Å². The Morgan fingerprint density at radius 2 is 2.00 bits per heavy atom. The number of carbonyl (C=O) groups excluding carboxylic acids is 2. The zero-order chi connectivity index (χ0) is 26.9. The summed E-state index contributed by atoms with van der Waals surface area (Å²) in [5.41, 5.74) is -0.0851. The van der Waals surface area contributed by atoms with Gasteiger partial charge in [0.25, 0.3) is 0 Å². The molecule has 2 aromatic carbocycles. The van der Waals surface area contributed by atoms with E-state index in [9.17, 15) is 12.3 Å². The molecule has 146 valence electrons. The van der Waals surface area contributed by atoms with E-state index >= 15 is 0 Å². The Bertz CT molecular complexity index is 1540. The van der Waals surface area contributed by atoms with Crippen LogP contribution in [0.3, 0.4) is 0 Å². The van der Waals surface area contributed by atoms with Crippen LogP contribution in [0.1, 0.15) is 33.8 Å². The highest BCUT2D eigenvalue weighted by atomic mass is 16.7. The standard InChI is InChI=1S/C22H19N3O4/c1-24-10-19(26)25-16(22(24)27)9-14-13-4-2-3-5-15(13)23-20(14)21(25)12-6-7-17-18(8-12)29-11-28-17/h2-8,16,21,23H,9-11H2,1H3/t16-,21-/m1/s1/i9D2,10D2,11D2,16D,21D. The second kappa shape index (κ2) is 5.76. The number of hydrogen-bond donors (Lipinski definition) is 1. The van der Waals surface area contributed by atoms with Crippen molar-refractivity contribution >= 4 is 22.7 Å². The monoisotopic (exact) mass is 397 g/mol. The first kappa shape index (κ1) is 10.3. The van der Waals surface area contributed by atoms with Crippen molar-refractivity contribution in [1.82, 2.24) is 14.8 Å². The third kappa shape index (κ3) is 2.24. The van der Waals surface area contributed by atoms with Gasteiger partial charge in [-0.15, -0.1) is 0 Å². The van der Waals surface area contributed by atoms with Gasteiger partial charge in [0, 0.05) is 32.8 Å². The van der Waals surface area contributed by atoms with Gasteiger partial charge in [-0.3, -0.25) is 9.59 Å². The maximum absolute atomic E-state index is 13.7. The first-order chi connectivity index (χ1) is 17.1. The fourth-order valence-electron chi connectivity index (χ4n) is 3.81. The Kier molecular flexibility index (Phi) is 2.05. The number of amides is 2. The van der Waals surface area contributed by atoms with Crippen LogP contribution in [0.15, 0.2) is 42.5 Å². The molecule has 0 aliphatic carbocycles. The Balaban J connectivity index is 1.74. The molecule has 3 aromatic rings. The van der Waals surface area contributed by atoms with Gasteiger partial charge in [-0.25, -0.2) is 0 Å². The van der Waals surface area contributed by atoms with E-state index in [4.69, 9.17) is 17.7 Å². The minimum absolute atomic E-state index is 0.00797. The Morgan fingerprint density at radius 3 is 2.90 bits per heavy atom. The highest BCUT2D eigenvalue weighted by Crippen LogP contribution is 2.44. The quantitative estimate of drug-likeness (QED) is 0.683. The second-order valence-corrected chi connectivity index (χ2v) is 6.81. The zero-order valence-corrected chi connectivity index (χ0v) is 15.1. The van der Waals surface area contributed by atoms with Crippen LogP contribution >= 0.6 is 0 Å². The third-order valence-corrected chi connectivity index (χ3v) is 5.13. The van der Waals surface area contributed by atoms with Crippen LogP contribution in [0.25, 0.3) is 10.9 Å². The topological polar surface area (TPSA) is 74.9 Å². The molecule has 7 nitrogen and oxygen atoms in total. The number of rotatable bonds is 1. The lowest BCUT2D eigenvalue weighted by atomic mass is 9.86. The van der Waals surface area contributed by atoms with Crippen molar-refractivity contribution in [1.29, 1.82) is 0 Å². The van der Waals surface area contributed by atoms with Gasteiger partial charge >= 0.3 is 0 Å². The van der Waals surface area contributed by atoms with Crippen LogP contribution in [0.2, 0.25) is 0 Å². The number of hydrogen-bond acceptors (Lipinski definition) is 4. The number of carbonyl (C=O) groups is 2. The van der Waals surface area contributed by atoms with E-state index in [1.807, 2.05) is 0 Å². The summed E-state index contributed by atoms with van der Waals surface area (Å²) in [5, 5.41) is 0.291. The number of piperazine rings is 1. The zero-order valence-electron chi connectivity index (χ0n) is 23.1. The molecule has 0 radical (unpaired) electrons. The van der Waals surface area contributed by atoms with Crippen molar-refractivity contribution in [3.05, 3.63) is 59.3 Å². The lowest BCUT2D eigenvalue weighted by molar-refractivity contribution is -0.157. The lowest BCUT2D eigenvalue weighted by Crippen LogP contribution is -2.62. The van der Waals surface area contributed by atoms with E-state index in [1.54, 1.807) is 24.3 Å². The number of nitrogens with one attached hydrogen (secondary N) is 1. The van der Waals surface area contributed by atoms with Crippen molar-refractivity contribution in [2.45, 2.75) is 18.4 Å². The number of nitrogens with zero attached hydrogens (tertiary/aromatic N) is 2. The predicted octanol–water partition coefficient (Wildman–Crippen LogP) is 2.21. The van der Waals surface area contributed by atoms with Gasteiger partial charge in [0.15, 0.2) is 11.5 Å².